The number of amides is 2. The fourth-order valence-electron chi connectivity index (χ4n) is 6.76. The minimum atomic E-state index is -0.594. The van der Waals surface area contributed by atoms with Crippen molar-refractivity contribution in [2.24, 2.45) is 11.8 Å². The Morgan fingerprint density at radius 2 is 1.13 bits per heavy atom. The van der Waals surface area contributed by atoms with Gasteiger partial charge in [-0.15, -0.1) is 0 Å². The van der Waals surface area contributed by atoms with Crippen molar-refractivity contribution in [3.8, 4) is 0 Å². The van der Waals surface area contributed by atoms with E-state index in [2.05, 4.69) is 77.9 Å². The van der Waals surface area contributed by atoms with Crippen LogP contribution in [-0.2, 0) is 20.4 Å². The number of imide groups is 1. The number of para-hydroxylation sites is 2. The maximum Gasteiger partial charge on any atom is 0.293 e. The average molecular weight is 509 g/mol. The molecule has 38 heavy (non-hydrogen) atoms. The smallest absolute Gasteiger partial charge is 0.274 e. The van der Waals surface area contributed by atoms with Gasteiger partial charge in [-0.05, 0) is 50.3 Å². The van der Waals surface area contributed by atoms with Gasteiger partial charge in [0.05, 0.1) is 16.8 Å². The Morgan fingerprint density at radius 1 is 0.684 bits per heavy atom. The number of rotatable bonds is 2. The molecule has 1 heterocycles. The molecule has 6 nitrogen and oxygen atoms in total. The first-order valence-electron chi connectivity index (χ1n) is 13.2. The van der Waals surface area contributed by atoms with Crippen molar-refractivity contribution in [1.82, 2.24) is 0 Å². The highest BCUT2D eigenvalue weighted by Gasteiger charge is 2.62. The summed E-state index contributed by atoms with van der Waals surface area (Å²) in [7, 11) is 0. The molecule has 1 saturated heterocycles. The molecule has 0 N–H and O–H groups in total. The molecule has 2 amide bonds. The van der Waals surface area contributed by atoms with Crippen LogP contribution in [0.2, 0.25) is 0 Å². The first-order valence-corrected chi connectivity index (χ1v) is 13.2. The number of hydrogen-bond acceptors (Lipinski definition) is 4. The molecule has 2 bridgehead atoms. The van der Waals surface area contributed by atoms with Crippen molar-refractivity contribution in [3.05, 3.63) is 104 Å². The van der Waals surface area contributed by atoms with Crippen molar-refractivity contribution in [2.45, 2.75) is 64.2 Å². The number of carbonyl (C=O) groups is 2. The summed E-state index contributed by atoms with van der Waals surface area (Å²) < 4.78 is 0. The van der Waals surface area contributed by atoms with E-state index in [-0.39, 0.29) is 45.9 Å². The standard InChI is InChI=1S/C32H32N2O4/c1-31(2,3)17-11-13-19-21(15-17)25-20-14-12-18(32(4,5)6)16-22(20)26(19)28-27(25)29(35)33(30(28)36)23-9-7-8-10-24(23)34(37)38/h7-16,25-28H,1-6H3/t25-,26-,27+,28+/m0/s1. The Labute approximate surface area is 222 Å². The second kappa shape index (κ2) is 7.85. The summed E-state index contributed by atoms with van der Waals surface area (Å²) in [6, 6.07) is 19.0. The zero-order valence-corrected chi connectivity index (χ0v) is 22.6. The maximum atomic E-state index is 14.1. The number of anilines is 1. The molecule has 194 valence electrons. The first-order chi connectivity index (χ1) is 17.8. The minimum Gasteiger partial charge on any atom is -0.274 e. The molecule has 7 rings (SSSR count). The lowest BCUT2D eigenvalue weighted by atomic mass is 9.54. The van der Waals surface area contributed by atoms with Gasteiger partial charge in [-0.2, -0.15) is 0 Å². The molecule has 1 aliphatic heterocycles. The second-order valence-electron chi connectivity index (χ2n) is 13.0. The van der Waals surface area contributed by atoms with E-state index in [0.29, 0.717) is 0 Å². The van der Waals surface area contributed by atoms with Crippen molar-refractivity contribution >= 4 is 23.2 Å². The third kappa shape index (κ3) is 3.32. The van der Waals surface area contributed by atoms with Gasteiger partial charge in [0.15, 0.2) is 0 Å². The monoisotopic (exact) mass is 508 g/mol. The summed E-state index contributed by atoms with van der Waals surface area (Å²) in [6.07, 6.45) is 0. The number of nitrogens with zero attached hydrogens (tertiary/aromatic N) is 2. The lowest BCUT2D eigenvalue weighted by Crippen LogP contribution is -2.42. The van der Waals surface area contributed by atoms with Gasteiger partial charge in [0.25, 0.3) is 5.69 Å². The van der Waals surface area contributed by atoms with Gasteiger partial charge in [0.1, 0.15) is 5.69 Å². The predicted molar refractivity (Wildman–Crippen MR) is 147 cm³/mol. The molecular formula is C32H32N2O4. The molecule has 3 aliphatic carbocycles. The van der Waals surface area contributed by atoms with E-state index >= 15 is 0 Å². The van der Waals surface area contributed by atoms with Gasteiger partial charge in [0, 0.05) is 17.9 Å². The molecule has 4 aliphatic rings. The molecule has 6 heteroatoms. The molecule has 0 saturated carbocycles. The highest BCUT2D eigenvalue weighted by molar-refractivity contribution is 6.24. The van der Waals surface area contributed by atoms with Crippen LogP contribution in [0.3, 0.4) is 0 Å². The van der Waals surface area contributed by atoms with Gasteiger partial charge >= 0.3 is 0 Å². The van der Waals surface area contributed by atoms with E-state index < -0.39 is 16.8 Å². The summed E-state index contributed by atoms with van der Waals surface area (Å²) in [5.41, 5.74) is 6.42. The van der Waals surface area contributed by atoms with E-state index in [1.807, 2.05) is 0 Å². The number of benzene rings is 3. The van der Waals surface area contributed by atoms with Gasteiger partial charge < -0.3 is 0 Å². The van der Waals surface area contributed by atoms with Crippen molar-refractivity contribution in [3.63, 3.8) is 0 Å². The Morgan fingerprint density at radius 3 is 1.55 bits per heavy atom. The molecule has 0 spiro atoms. The molecule has 4 atom stereocenters. The molecule has 0 radical (unpaired) electrons. The van der Waals surface area contributed by atoms with Crippen LogP contribution in [0.25, 0.3) is 0 Å². The molecule has 3 aromatic carbocycles. The topological polar surface area (TPSA) is 80.5 Å². The third-order valence-electron chi connectivity index (χ3n) is 8.68. The summed E-state index contributed by atoms with van der Waals surface area (Å²) in [4.78, 5) is 40.6. The predicted octanol–water partition coefficient (Wildman–Crippen LogP) is 6.59. The van der Waals surface area contributed by atoms with Gasteiger partial charge in [-0.3, -0.25) is 19.7 Å². The van der Waals surface area contributed by atoms with Crippen LogP contribution >= 0.6 is 0 Å². The van der Waals surface area contributed by atoms with Crippen LogP contribution < -0.4 is 4.90 Å². The average Bonchev–Trinajstić information content (AvgIpc) is 3.12. The third-order valence-corrected chi connectivity index (χ3v) is 8.68. The molecule has 0 unspecified atom stereocenters. The fourth-order valence-corrected chi connectivity index (χ4v) is 6.76. The van der Waals surface area contributed by atoms with E-state index in [0.717, 1.165) is 27.2 Å². The zero-order chi connectivity index (χ0) is 27.3. The minimum absolute atomic E-state index is 0.0557. The highest BCUT2D eigenvalue weighted by atomic mass is 16.6. The van der Waals surface area contributed by atoms with Crippen LogP contribution in [0.1, 0.15) is 86.8 Å². The van der Waals surface area contributed by atoms with Crippen LogP contribution in [0.15, 0.2) is 60.7 Å². The Hall–Kier alpha value is -3.80. The Bertz CT molecular complexity index is 1450. The summed E-state index contributed by atoms with van der Waals surface area (Å²) >= 11 is 0. The molecule has 0 aromatic heterocycles. The van der Waals surface area contributed by atoms with Crippen molar-refractivity contribution in [1.29, 1.82) is 0 Å². The highest BCUT2D eigenvalue weighted by Crippen LogP contribution is 2.62. The number of carbonyl (C=O) groups excluding carboxylic acids is 2. The SMILES string of the molecule is CC(C)(C)c1ccc2c(c1)[C@@H]1c3ccc(C(C)(C)C)cc3[C@H]2[C@H]2C(=O)N(c3ccccc3[N+](=O)[O-])C(=O)[C@H]12. The van der Waals surface area contributed by atoms with E-state index in [1.165, 1.54) is 23.3 Å². The fraction of sp³-hybridized carbons (Fsp3) is 0.375. The van der Waals surface area contributed by atoms with E-state index in [4.69, 9.17) is 0 Å². The van der Waals surface area contributed by atoms with Gasteiger partial charge in [0.2, 0.25) is 11.8 Å². The molecule has 3 aromatic rings. The van der Waals surface area contributed by atoms with Gasteiger partial charge in [-0.1, -0.05) is 90.1 Å². The summed E-state index contributed by atoms with van der Waals surface area (Å²) in [5, 5.41) is 11.8. The van der Waals surface area contributed by atoms with Crippen LogP contribution in [-0.4, -0.2) is 16.7 Å². The largest absolute Gasteiger partial charge is 0.293 e. The van der Waals surface area contributed by atoms with E-state index in [1.54, 1.807) is 12.1 Å². The van der Waals surface area contributed by atoms with Crippen LogP contribution in [0, 0.1) is 22.0 Å². The normalized spacial score (nSPS) is 23.8. The first kappa shape index (κ1) is 24.5. The van der Waals surface area contributed by atoms with Crippen molar-refractivity contribution < 1.29 is 14.5 Å². The van der Waals surface area contributed by atoms with Gasteiger partial charge in [-0.25, -0.2) is 4.90 Å². The summed E-state index contributed by atoms with van der Waals surface area (Å²) in [5.74, 6) is -2.44. The van der Waals surface area contributed by atoms with E-state index in [9.17, 15) is 19.7 Å². The number of nitro groups is 1. The summed E-state index contributed by atoms with van der Waals surface area (Å²) in [6.45, 7) is 13.0. The van der Waals surface area contributed by atoms with Crippen molar-refractivity contribution in [2.75, 3.05) is 4.90 Å². The number of nitro benzene ring substituents is 1. The molecule has 1 fully saturated rings. The second-order valence-corrected chi connectivity index (χ2v) is 13.0. The Kier molecular flexibility index (Phi) is 5.07. The Balaban J connectivity index is 1.59. The quantitative estimate of drug-likeness (QED) is 0.222. The van der Waals surface area contributed by atoms with Crippen LogP contribution in [0.5, 0.6) is 0 Å². The number of hydrogen-bond donors (Lipinski definition) is 0. The lowest BCUT2D eigenvalue weighted by Gasteiger charge is -2.47. The maximum absolute atomic E-state index is 14.1. The zero-order valence-electron chi connectivity index (χ0n) is 22.6. The lowest BCUT2D eigenvalue weighted by molar-refractivity contribution is -0.384. The molecular weight excluding hydrogens is 476 g/mol. The van der Waals surface area contributed by atoms with Crippen LogP contribution in [0.4, 0.5) is 11.4 Å².